The minimum atomic E-state index is -0.392. The molecule has 0 saturated carbocycles. The summed E-state index contributed by atoms with van der Waals surface area (Å²) in [5.74, 6) is -0.303. The van der Waals surface area contributed by atoms with Crippen LogP contribution in [0.25, 0.3) is 44.1 Å². The Bertz CT molecular complexity index is 5770. The van der Waals surface area contributed by atoms with Gasteiger partial charge in [-0.3, -0.25) is 43.2 Å². The maximum Gasteiger partial charge on any atom is 0.288 e. The Morgan fingerprint density at radius 1 is 0.374 bits per heavy atom. The number of hydrogen-bond donors (Lipinski definition) is 9. The molecule has 12 heterocycles. The number of pyridine rings is 6. The van der Waals surface area contributed by atoms with Gasteiger partial charge in [-0.1, -0.05) is 41.5 Å². The van der Waals surface area contributed by atoms with E-state index in [-0.39, 0.29) is 108 Å². The molecule has 0 saturated heterocycles. The lowest BCUT2D eigenvalue weighted by Crippen LogP contribution is -2.28. The van der Waals surface area contributed by atoms with Gasteiger partial charge in [0.2, 0.25) is 5.82 Å². The van der Waals surface area contributed by atoms with Gasteiger partial charge in [0.1, 0.15) is 28.4 Å². The van der Waals surface area contributed by atoms with Crippen molar-refractivity contribution in [3.8, 4) is 0 Å². The highest BCUT2D eigenvalue weighted by atomic mass is 16.2. The van der Waals surface area contributed by atoms with Crippen LogP contribution in [-0.2, 0) is 26.2 Å². The van der Waals surface area contributed by atoms with Crippen molar-refractivity contribution >= 4 is 73.7 Å². The van der Waals surface area contributed by atoms with Gasteiger partial charge < -0.3 is 64.8 Å². The summed E-state index contributed by atoms with van der Waals surface area (Å²) in [6.07, 6.45) is 10.4. The highest BCUT2D eigenvalue weighted by Crippen LogP contribution is 2.34. The molecule has 12 rings (SSSR count). The van der Waals surface area contributed by atoms with Crippen LogP contribution in [0.2, 0.25) is 0 Å². The van der Waals surface area contributed by atoms with E-state index in [4.69, 9.17) is 4.98 Å². The predicted octanol–water partition coefficient (Wildman–Crippen LogP) is 13.5. The molecule has 0 aliphatic carbocycles. The second-order valence-corrected chi connectivity index (χ2v) is 30.2. The number of amides is 5. The Morgan fingerprint density at radius 2 is 0.652 bits per heavy atom. The maximum absolute atomic E-state index is 13.2. The van der Waals surface area contributed by atoms with E-state index in [1.54, 1.807) is 18.6 Å². The van der Waals surface area contributed by atoms with E-state index in [9.17, 15) is 43.2 Å². The van der Waals surface area contributed by atoms with Gasteiger partial charge in [-0.25, -0.2) is 29.9 Å². The zero-order valence-corrected chi connectivity index (χ0v) is 70.6. The predicted molar refractivity (Wildman–Crippen MR) is 452 cm³/mol. The van der Waals surface area contributed by atoms with Crippen molar-refractivity contribution in [2.24, 2.45) is 0 Å². The summed E-state index contributed by atoms with van der Waals surface area (Å²) >= 11 is 0. The molecule has 28 heteroatoms. The molecule has 0 aromatic carbocycles. The van der Waals surface area contributed by atoms with Crippen molar-refractivity contribution in [3.05, 3.63) is 239 Å². The number of fused-ring (bicyclic) bond motifs is 4. The van der Waals surface area contributed by atoms with Crippen LogP contribution >= 0.6 is 0 Å². The molecular formula is C87H111N19O9. The Labute approximate surface area is 669 Å². The average Bonchev–Trinajstić information content (AvgIpc) is 1.62. The molecule has 0 bridgehead atoms. The van der Waals surface area contributed by atoms with Gasteiger partial charge in [-0.2, -0.15) is 0 Å². The van der Waals surface area contributed by atoms with Crippen molar-refractivity contribution in [3.63, 3.8) is 0 Å². The van der Waals surface area contributed by atoms with Gasteiger partial charge in [0.25, 0.3) is 51.8 Å². The molecular weight excluding hydrogens is 1460 g/mol. The van der Waals surface area contributed by atoms with Crippen molar-refractivity contribution in [1.29, 1.82) is 0 Å². The van der Waals surface area contributed by atoms with E-state index in [1.165, 1.54) is 13.2 Å². The summed E-state index contributed by atoms with van der Waals surface area (Å²) in [5, 5.41) is 17.1. The summed E-state index contributed by atoms with van der Waals surface area (Å²) in [6.45, 7) is 44.1. The fraction of sp³-hybridized carbons (Fsp3) is 0.414. The highest BCUT2D eigenvalue weighted by Gasteiger charge is 2.29. The minimum Gasteiger partial charge on any atom is -0.352 e. The van der Waals surface area contributed by atoms with E-state index in [1.807, 2.05) is 150 Å². The van der Waals surface area contributed by atoms with Crippen LogP contribution in [0.15, 0.2) is 92.5 Å². The average molecular weight is 1570 g/mol. The largest absolute Gasteiger partial charge is 0.352 e. The molecule has 0 aliphatic heterocycles. The molecule has 0 aliphatic rings. The molecule has 2 unspecified atom stereocenters. The SMILES string of the molecule is CCC(C)n1c(C)c(C(=O)NCc2c(C)cc(C)[nH]c2=O)c2cccnc21.CCC(C)n1c(C)c(C(=O)NCc2c(C)cc(C)[nH]c2=O)c2cccnc21.CC[C@@H](C)n1c(C)c(C(=O)NCc2c(C)cc(C)[nH]c2=O)c2cnc(C(=O)NC)nc21.CC[C@@H](C)n1c(C)c(C(=O)NCc2c(C)cc(C)[nH]c2=O)c2cnc(C(C)C)nc21. The number of carbonyl (C=O) groups is 5. The van der Waals surface area contributed by atoms with Crippen LogP contribution in [0.3, 0.4) is 0 Å². The van der Waals surface area contributed by atoms with E-state index in [0.29, 0.717) is 55.5 Å². The van der Waals surface area contributed by atoms with Crippen LogP contribution in [0.4, 0.5) is 0 Å². The van der Waals surface area contributed by atoms with Gasteiger partial charge in [-0.05, 0) is 207 Å². The maximum atomic E-state index is 13.2. The molecule has 0 spiro atoms. The quantitative estimate of drug-likeness (QED) is 0.0304. The molecule has 12 aromatic rings. The molecule has 4 atom stereocenters. The third kappa shape index (κ3) is 18.5. The van der Waals surface area contributed by atoms with Gasteiger partial charge in [0.15, 0.2) is 0 Å². The molecule has 115 heavy (non-hydrogen) atoms. The fourth-order valence-electron chi connectivity index (χ4n) is 14.9. The van der Waals surface area contributed by atoms with Crippen LogP contribution < -0.4 is 48.8 Å². The number of carbonyl (C=O) groups excluding carboxylic acids is 5. The summed E-state index contributed by atoms with van der Waals surface area (Å²) in [6, 6.07) is 15.9. The molecule has 12 aromatic heterocycles. The minimum absolute atomic E-state index is 0.0471. The van der Waals surface area contributed by atoms with Crippen LogP contribution in [0, 0.1) is 83.1 Å². The number of aromatic nitrogens is 14. The van der Waals surface area contributed by atoms with Crippen LogP contribution in [-0.4, -0.2) is 105 Å². The first-order valence-corrected chi connectivity index (χ1v) is 39.3. The summed E-state index contributed by atoms with van der Waals surface area (Å²) < 4.78 is 8.33. The van der Waals surface area contributed by atoms with Crippen molar-refractivity contribution in [1.82, 2.24) is 94.7 Å². The van der Waals surface area contributed by atoms with Crippen molar-refractivity contribution in [2.75, 3.05) is 7.05 Å². The monoisotopic (exact) mass is 1570 g/mol. The second-order valence-electron chi connectivity index (χ2n) is 30.2. The number of hydrogen-bond acceptors (Lipinski definition) is 15. The molecule has 5 amide bonds. The van der Waals surface area contributed by atoms with Crippen molar-refractivity contribution in [2.45, 2.75) is 234 Å². The zero-order chi connectivity index (χ0) is 84.5. The third-order valence-electron chi connectivity index (χ3n) is 21.7. The molecule has 0 radical (unpaired) electrons. The number of aryl methyl sites for hydroxylation is 8. The van der Waals surface area contributed by atoms with E-state index >= 15 is 0 Å². The van der Waals surface area contributed by atoms with Crippen LogP contribution in [0.1, 0.15) is 273 Å². The molecule has 28 nitrogen and oxygen atoms in total. The lowest BCUT2D eigenvalue weighted by atomic mass is 10.1. The van der Waals surface area contributed by atoms with Gasteiger partial charge in [0, 0.05) is 167 Å². The molecule has 608 valence electrons. The summed E-state index contributed by atoms with van der Waals surface area (Å²) in [5.41, 5.74) is 16.8. The lowest BCUT2D eigenvalue weighted by molar-refractivity contribution is 0.0943. The highest BCUT2D eigenvalue weighted by molar-refractivity contribution is 6.10. The Morgan fingerprint density at radius 3 is 0.930 bits per heavy atom. The van der Waals surface area contributed by atoms with E-state index < -0.39 is 5.91 Å². The fourth-order valence-corrected chi connectivity index (χ4v) is 14.9. The van der Waals surface area contributed by atoms with E-state index in [2.05, 4.69) is 141 Å². The lowest BCUT2D eigenvalue weighted by Gasteiger charge is -2.15. The third-order valence-corrected chi connectivity index (χ3v) is 21.7. The number of nitrogens with one attached hydrogen (secondary N) is 9. The van der Waals surface area contributed by atoms with E-state index in [0.717, 1.165) is 132 Å². The molecule has 0 fully saturated rings. The number of aromatic amines is 4. The first-order valence-electron chi connectivity index (χ1n) is 39.3. The van der Waals surface area contributed by atoms with Gasteiger partial charge in [-0.15, -0.1) is 0 Å². The Balaban J connectivity index is 0.000000176. The first-order chi connectivity index (χ1) is 54.5. The smallest absolute Gasteiger partial charge is 0.288 e. The zero-order valence-electron chi connectivity index (χ0n) is 70.6. The topological polar surface area (TPSA) is 374 Å². The standard InChI is InChI=1S/C23H31N5O2.C22H28N6O3.2C21H26N4O2/c1-8-15(6)28-16(7)19(18-11-24-20(12(2)3)27-21(18)28)23(30)25-10-17-13(4)9-14(5)26-22(17)29;1-7-13(4)28-14(5)17(16-10-24-18(22(31)23-6)27-19(16)28)21(30)25-9-15-11(2)8-12(3)26-20(15)29;2*1-6-14(4)25-15(5)18(16-8-7-9-22-19(16)25)21(27)23-11-17-12(2)10-13(3)24-20(17)26/h9,11-12,15H,8,10H2,1-7H3,(H,25,30)(H,26,29);8,10,13H,7,9H2,1-6H3,(H,23,31)(H,25,30)(H,26,29);2*7-10,14H,6,11H2,1-5H3,(H,23,27)(H,24,26)/t15-;13-;;/m11../s1. The Kier molecular flexibility index (Phi) is 28.0. The van der Waals surface area contributed by atoms with Gasteiger partial charge >= 0.3 is 0 Å². The van der Waals surface area contributed by atoms with Crippen molar-refractivity contribution < 1.29 is 24.0 Å². The first kappa shape index (κ1) is 86.7. The normalized spacial score (nSPS) is 12.3. The summed E-state index contributed by atoms with van der Waals surface area (Å²) in [7, 11) is 1.52. The second kappa shape index (κ2) is 37.2. The number of nitrogens with zero attached hydrogens (tertiary/aromatic N) is 10. The Hall–Kier alpha value is -12.2. The van der Waals surface area contributed by atoms with Crippen LogP contribution in [0.5, 0.6) is 0 Å². The summed E-state index contributed by atoms with van der Waals surface area (Å²) in [4.78, 5) is 151. The molecule has 9 N–H and O–H groups in total. The number of rotatable bonds is 22. The number of H-pyrrole nitrogens is 4. The van der Waals surface area contributed by atoms with Gasteiger partial charge in [0.05, 0.1) is 33.0 Å².